The number of H-pyrrole nitrogens is 1. The number of nitrogens with one attached hydrogen (secondary N) is 2. The predicted molar refractivity (Wildman–Crippen MR) is 118 cm³/mol. The molecule has 0 aliphatic carbocycles. The van der Waals surface area contributed by atoms with Gasteiger partial charge in [0.2, 0.25) is 5.88 Å². The number of ketones is 1. The molecular weight excluding hydrogens is 394 g/mol. The van der Waals surface area contributed by atoms with Crippen molar-refractivity contribution < 1.29 is 19.1 Å². The predicted octanol–water partition coefficient (Wildman–Crippen LogP) is 4.60. The molecule has 0 saturated carbocycles. The molecule has 0 aliphatic heterocycles. The molecule has 0 atom stereocenters. The maximum atomic E-state index is 12.7. The van der Waals surface area contributed by atoms with Crippen LogP contribution in [0.4, 0.5) is 0 Å². The number of aromatic amines is 1. The fourth-order valence-corrected chi connectivity index (χ4v) is 3.47. The lowest BCUT2D eigenvalue weighted by Gasteiger charge is -2.11. The number of carbonyl (C=O) groups excluding carboxylic acids is 2. The summed E-state index contributed by atoms with van der Waals surface area (Å²) in [4.78, 5) is 32.0. The van der Waals surface area contributed by atoms with Crippen LogP contribution >= 0.6 is 0 Å². The number of pyridine rings is 1. The molecule has 1 amide bonds. The van der Waals surface area contributed by atoms with Gasteiger partial charge in [0, 0.05) is 30.1 Å². The lowest BCUT2D eigenvalue weighted by atomic mass is 10.0. The Balaban J connectivity index is 1.66. The highest BCUT2D eigenvalue weighted by atomic mass is 16.5. The summed E-state index contributed by atoms with van der Waals surface area (Å²) in [6.07, 6.45) is 2.25. The van der Waals surface area contributed by atoms with Crippen LogP contribution < -0.4 is 14.8 Å². The van der Waals surface area contributed by atoms with E-state index in [9.17, 15) is 9.59 Å². The molecule has 0 radical (unpaired) electrons. The first-order chi connectivity index (χ1) is 14.9. The second kappa shape index (κ2) is 9.93. The highest BCUT2D eigenvalue weighted by molar-refractivity contribution is 6.02. The number of Topliss-reactive ketones (excluding diaryl/α,β-unsaturated/α-hetero) is 1. The largest absolute Gasteiger partial charge is 0.490 e. The lowest BCUT2D eigenvalue weighted by molar-refractivity contribution is 0.0945. The van der Waals surface area contributed by atoms with Gasteiger partial charge in [0.15, 0.2) is 17.3 Å². The van der Waals surface area contributed by atoms with Gasteiger partial charge in [-0.05, 0) is 50.5 Å². The number of carbonyl (C=O) groups is 2. The Hall–Kier alpha value is -3.61. The third-order valence-corrected chi connectivity index (χ3v) is 4.84. The molecule has 0 aliphatic rings. The van der Waals surface area contributed by atoms with Crippen molar-refractivity contribution in [1.82, 2.24) is 15.3 Å². The Morgan fingerprint density at radius 2 is 1.84 bits per heavy atom. The fourth-order valence-electron chi connectivity index (χ4n) is 3.47. The minimum atomic E-state index is -0.251. The number of hydrogen-bond donors (Lipinski definition) is 2. The van der Waals surface area contributed by atoms with Crippen molar-refractivity contribution in [3.63, 3.8) is 0 Å². The number of rotatable bonds is 9. The first-order valence-electron chi connectivity index (χ1n) is 10.3. The van der Waals surface area contributed by atoms with Gasteiger partial charge in [0.1, 0.15) is 5.69 Å². The summed E-state index contributed by atoms with van der Waals surface area (Å²) in [5.41, 5.74) is 3.32. The van der Waals surface area contributed by atoms with E-state index in [2.05, 4.69) is 15.3 Å². The van der Waals surface area contributed by atoms with Gasteiger partial charge in [-0.15, -0.1) is 0 Å². The second-order valence-electron chi connectivity index (χ2n) is 7.06. The van der Waals surface area contributed by atoms with E-state index in [4.69, 9.17) is 9.47 Å². The van der Waals surface area contributed by atoms with Crippen LogP contribution in [0, 0.1) is 6.92 Å². The Kier molecular flexibility index (Phi) is 7.07. The van der Waals surface area contributed by atoms with E-state index in [0.29, 0.717) is 53.9 Å². The Labute approximate surface area is 181 Å². The van der Waals surface area contributed by atoms with Crippen LogP contribution in [-0.4, -0.2) is 28.3 Å². The summed E-state index contributed by atoms with van der Waals surface area (Å²) < 4.78 is 11.4. The van der Waals surface area contributed by atoms with Gasteiger partial charge < -0.3 is 19.8 Å². The van der Waals surface area contributed by atoms with Crippen molar-refractivity contribution >= 4 is 11.7 Å². The smallest absolute Gasteiger partial charge is 0.268 e. The van der Waals surface area contributed by atoms with Crippen LogP contribution in [0.25, 0.3) is 0 Å². The molecule has 3 aromatic rings. The van der Waals surface area contributed by atoms with Gasteiger partial charge in [-0.25, -0.2) is 4.98 Å². The van der Waals surface area contributed by atoms with Gasteiger partial charge in [-0.1, -0.05) is 25.1 Å². The summed E-state index contributed by atoms with van der Waals surface area (Å²) >= 11 is 0. The van der Waals surface area contributed by atoms with Crippen LogP contribution in [0.3, 0.4) is 0 Å². The fraction of sp³-hybridized carbons (Fsp3) is 0.292. The second-order valence-corrected chi connectivity index (χ2v) is 7.06. The van der Waals surface area contributed by atoms with E-state index in [0.717, 1.165) is 11.1 Å². The topological polar surface area (TPSA) is 93.3 Å². The van der Waals surface area contributed by atoms with E-state index in [1.807, 2.05) is 44.2 Å². The van der Waals surface area contributed by atoms with Gasteiger partial charge in [0.25, 0.3) is 5.91 Å². The van der Waals surface area contributed by atoms with E-state index in [1.165, 1.54) is 6.92 Å². The highest BCUT2D eigenvalue weighted by Crippen LogP contribution is 2.30. The molecule has 162 valence electrons. The molecule has 0 fully saturated rings. The summed E-state index contributed by atoms with van der Waals surface area (Å²) in [5.74, 6) is 1.38. The molecule has 2 heterocycles. The average Bonchev–Trinajstić information content (AvgIpc) is 3.11. The minimum absolute atomic E-state index is 0.0460. The Morgan fingerprint density at radius 1 is 1.10 bits per heavy atom. The number of aromatic nitrogens is 2. The van der Waals surface area contributed by atoms with Crippen LogP contribution in [0.15, 0.2) is 42.6 Å². The highest BCUT2D eigenvalue weighted by Gasteiger charge is 2.21. The lowest BCUT2D eigenvalue weighted by Crippen LogP contribution is -2.24. The first kappa shape index (κ1) is 22.1. The van der Waals surface area contributed by atoms with Gasteiger partial charge in [-0.2, -0.15) is 0 Å². The molecule has 0 spiro atoms. The van der Waals surface area contributed by atoms with E-state index >= 15 is 0 Å². The molecule has 7 heteroatoms. The molecule has 2 N–H and O–H groups in total. The van der Waals surface area contributed by atoms with E-state index in [1.54, 1.807) is 19.2 Å². The summed E-state index contributed by atoms with van der Waals surface area (Å²) in [7, 11) is 0. The standard InChI is InChI=1S/C24H27N3O4/c1-5-18-22(16(4)28)15(3)27-23(18)24(29)26-14-17-11-12-21(25-13-17)31-20-10-8-7-9-19(20)30-6-2/h7-13,27H,5-6,14H2,1-4H3,(H,26,29). The van der Waals surface area contributed by atoms with E-state index in [-0.39, 0.29) is 11.7 Å². The van der Waals surface area contributed by atoms with Crippen molar-refractivity contribution in [2.75, 3.05) is 6.61 Å². The number of ether oxygens (including phenoxy) is 2. The van der Waals surface area contributed by atoms with Crippen LogP contribution in [0.1, 0.15) is 58.4 Å². The summed E-state index contributed by atoms with van der Waals surface area (Å²) in [6, 6.07) is 11.0. The van der Waals surface area contributed by atoms with Crippen molar-refractivity contribution in [1.29, 1.82) is 0 Å². The van der Waals surface area contributed by atoms with Crippen molar-refractivity contribution in [3.8, 4) is 17.4 Å². The van der Waals surface area contributed by atoms with Crippen molar-refractivity contribution in [2.45, 2.75) is 40.7 Å². The van der Waals surface area contributed by atoms with Gasteiger partial charge >= 0.3 is 0 Å². The molecule has 31 heavy (non-hydrogen) atoms. The zero-order chi connectivity index (χ0) is 22.4. The minimum Gasteiger partial charge on any atom is -0.490 e. The average molecular weight is 421 g/mol. The molecule has 0 bridgehead atoms. The molecule has 0 saturated heterocycles. The molecular formula is C24H27N3O4. The SMILES string of the molecule is CCOc1ccccc1Oc1ccc(CNC(=O)c2[nH]c(C)c(C(C)=O)c2CC)cn1. The molecule has 0 unspecified atom stereocenters. The van der Waals surface area contributed by atoms with Crippen LogP contribution in [0.2, 0.25) is 0 Å². The Morgan fingerprint density at radius 3 is 2.45 bits per heavy atom. The molecule has 2 aromatic heterocycles. The number of nitrogens with zero attached hydrogens (tertiary/aromatic N) is 1. The molecule has 3 rings (SSSR count). The number of benzene rings is 1. The third-order valence-electron chi connectivity index (χ3n) is 4.84. The first-order valence-corrected chi connectivity index (χ1v) is 10.3. The van der Waals surface area contributed by atoms with Crippen molar-refractivity contribution in [3.05, 3.63) is 70.7 Å². The quantitative estimate of drug-likeness (QED) is 0.493. The molecule has 7 nitrogen and oxygen atoms in total. The summed E-state index contributed by atoms with van der Waals surface area (Å²) in [5, 5.41) is 2.88. The zero-order valence-corrected chi connectivity index (χ0v) is 18.2. The number of amides is 1. The summed E-state index contributed by atoms with van der Waals surface area (Å²) in [6.45, 7) is 8.01. The maximum Gasteiger partial charge on any atom is 0.268 e. The van der Waals surface area contributed by atoms with Crippen molar-refractivity contribution in [2.24, 2.45) is 0 Å². The van der Waals surface area contributed by atoms with E-state index < -0.39 is 0 Å². The van der Waals surface area contributed by atoms with Crippen LogP contribution in [0.5, 0.6) is 17.4 Å². The monoisotopic (exact) mass is 421 g/mol. The normalized spacial score (nSPS) is 10.6. The van der Waals surface area contributed by atoms with Crippen LogP contribution in [-0.2, 0) is 13.0 Å². The Bertz CT molecular complexity index is 1070. The maximum absolute atomic E-state index is 12.7. The number of para-hydroxylation sites is 2. The van der Waals surface area contributed by atoms with Gasteiger partial charge in [-0.3, -0.25) is 9.59 Å². The number of hydrogen-bond acceptors (Lipinski definition) is 5. The van der Waals surface area contributed by atoms with Gasteiger partial charge in [0.05, 0.1) is 6.61 Å². The number of aryl methyl sites for hydroxylation is 1. The third kappa shape index (κ3) is 5.12. The zero-order valence-electron chi connectivity index (χ0n) is 18.2. The molecule has 1 aromatic carbocycles.